The molecule has 0 rings (SSSR count). The number of carboxylic acid groups (broad SMARTS) is 1. The number of carboxylic acids is 1. The van der Waals surface area contributed by atoms with Gasteiger partial charge in [0.25, 0.3) is 0 Å². The zero-order valence-corrected chi connectivity index (χ0v) is 12.8. The number of aliphatic carboxylic acids is 1. The first kappa shape index (κ1) is 20.2. The molecular weight excluding hydrogens is 240 g/mol. The molecule has 3 heteroatoms. The molecule has 3 nitrogen and oxygen atoms in total. The summed E-state index contributed by atoms with van der Waals surface area (Å²) in [6.07, 6.45) is 12.9. The van der Waals surface area contributed by atoms with E-state index in [0.717, 1.165) is 19.3 Å². The Balaban J connectivity index is 0. The van der Waals surface area contributed by atoms with Gasteiger partial charge >= 0.3 is 5.97 Å². The molecule has 0 aromatic rings. The summed E-state index contributed by atoms with van der Waals surface area (Å²) in [6.45, 7) is 5.86. The van der Waals surface area contributed by atoms with Crippen LogP contribution in [0, 0.1) is 0 Å². The van der Waals surface area contributed by atoms with Crippen molar-refractivity contribution in [3.05, 3.63) is 12.2 Å². The number of carbonyl (C=O) groups excluding carboxylic acids is 1. The fraction of sp³-hybridized carbons (Fsp3) is 0.750. The van der Waals surface area contributed by atoms with Crippen molar-refractivity contribution in [2.24, 2.45) is 0 Å². The smallest absolute Gasteiger partial charge is 0.303 e. The van der Waals surface area contributed by atoms with Crippen LogP contribution in [0.1, 0.15) is 78.6 Å². The number of hydrogen-bond donors (Lipinski definition) is 1. The first-order valence-electron chi connectivity index (χ1n) is 7.43. The minimum Gasteiger partial charge on any atom is -0.481 e. The highest BCUT2D eigenvalue weighted by Gasteiger charge is 1.94. The van der Waals surface area contributed by atoms with Gasteiger partial charge in [-0.3, -0.25) is 9.59 Å². The highest BCUT2D eigenvalue weighted by atomic mass is 16.4. The molecule has 0 aromatic carbocycles. The Morgan fingerprint density at radius 2 is 1.53 bits per heavy atom. The molecule has 0 aliphatic heterocycles. The van der Waals surface area contributed by atoms with Crippen molar-refractivity contribution in [3.63, 3.8) is 0 Å². The highest BCUT2D eigenvalue weighted by Crippen LogP contribution is 2.04. The van der Waals surface area contributed by atoms with Crippen LogP contribution in [-0.4, -0.2) is 16.9 Å². The topological polar surface area (TPSA) is 54.4 Å². The molecule has 0 aromatic heterocycles. The van der Waals surface area contributed by atoms with Gasteiger partial charge in [0.15, 0.2) is 5.78 Å². The Hall–Kier alpha value is -1.12. The SMILES string of the molecule is CCCCC=CC(C)=O.CCCCCCCC(=O)O. The van der Waals surface area contributed by atoms with Crippen molar-refractivity contribution in [3.8, 4) is 0 Å². The van der Waals surface area contributed by atoms with Gasteiger partial charge in [0.2, 0.25) is 0 Å². The van der Waals surface area contributed by atoms with Crippen LogP contribution in [0.15, 0.2) is 12.2 Å². The van der Waals surface area contributed by atoms with Gasteiger partial charge in [-0.25, -0.2) is 0 Å². The maximum Gasteiger partial charge on any atom is 0.303 e. The molecule has 0 atom stereocenters. The van der Waals surface area contributed by atoms with Gasteiger partial charge in [0, 0.05) is 6.42 Å². The van der Waals surface area contributed by atoms with Crippen LogP contribution < -0.4 is 0 Å². The fourth-order valence-electron chi connectivity index (χ4n) is 1.45. The number of ketones is 1. The third-order valence-electron chi connectivity index (χ3n) is 2.57. The van der Waals surface area contributed by atoms with Gasteiger partial charge in [-0.15, -0.1) is 0 Å². The zero-order chi connectivity index (χ0) is 14.9. The van der Waals surface area contributed by atoms with Crippen LogP contribution in [-0.2, 0) is 9.59 Å². The lowest BCUT2D eigenvalue weighted by molar-refractivity contribution is -0.137. The number of hydrogen-bond acceptors (Lipinski definition) is 2. The fourth-order valence-corrected chi connectivity index (χ4v) is 1.45. The predicted octanol–water partition coefficient (Wildman–Crippen LogP) is 4.75. The highest BCUT2D eigenvalue weighted by molar-refractivity contribution is 5.87. The molecule has 0 bridgehead atoms. The van der Waals surface area contributed by atoms with E-state index in [1.165, 1.54) is 32.1 Å². The van der Waals surface area contributed by atoms with Crippen LogP contribution in [0.2, 0.25) is 0 Å². The molecule has 0 fully saturated rings. The van der Waals surface area contributed by atoms with Gasteiger partial charge < -0.3 is 5.11 Å². The first-order chi connectivity index (χ1) is 9.04. The van der Waals surface area contributed by atoms with E-state index in [4.69, 9.17) is 5.11 Å². The Labute approximate surface area is 118 Å². The second kappa shape index (κ2) is 16.9. The third-order valence-corrected chi connectivity index (χ3v) is 2.57. The van der Waals surface area contributed by atoms with Gasteiger partial charge in [-0.1, -0.05) is 58.4 Å². The van der Waals surface area contributed by atoms with Gasteiger partial charge in [0.05, 0.1) is 0 Å². The van der Waals surface area contributed by atoms with Crippen LogP contribution in [0.4, 0.5) is 0 Å². The van der Waals surface area contributed by atoms with Crippen molar-refractivity contribution in [2.45, 2.75) is 78.6 Å². The maximum absolute atomic E-state index is 10.3. The summed E-state index contributed by atoms with van der Waals surface area (Å²) in [4.78, 5) is 20.4. The van der Waals surface area contributed by atoms with Crippen LogP contribution in [0.25, 0.3) is 0 Å². The van der Waals surface area contributed by atoms with Crippen LogP contribution in [0.3, 0.4) is 0 Å². The molecular formula is C16H30O3. The van der Waals surface area contributed by atoms with Crippen molar-refractivity contribution < 1.29 is 14.7 Å². The van der Waals surface area contributed by atoms with E-state index in [9.17, 15) is 9.59 Å². The second-order valence-electron chi connectivity index (χ2n) is 4.71. The minimum atomic E-state index is -0.670. The summed E-state index contributed by atoms with van der Waals surface area (Å²) in [5.74, 6) is -0.525. The zero-order valence-electron chi connectivity index (χ0n) is 12.8. The normalized spacial score (nSPS) is 10.1. The monoisotopic (exact) mass is 270 g/mol. The quantitative estimate of drug-likeness (QED) is 0.460. The Kier molecular flexibility index (Phi) is 17.9. The summed E-state index contributed by atoms with van der Waals surface area (Å²) in [5, 5.41) is 8.27. The molecule has 0 saturated carbocycles. The van der Waals surface area contributed by atoms with E-state index in [0.29, 0.717) is 6.42 Å². The van der Waals surface area contributed by atoms with Crippen molar-refractivity contribution in [1.29, 1.82) is 0 Å². The number of unbranched alkanes of at least 4 members (excludes halogenated alkanes) is 6. The Morgan fingerprint density at radius 3 is 2.00 bits per heavy atom. The van der Waals surface area contributed by atoms with E-state index in [2.05, 4.69) is 13.8 Å². The van der Waals surface area contributed by atoms with Crippen LogP contribution in [0.5, 0.6) is 0 Å². The van der Waals surface area contributed by atoms with E-state index in [-0.39, 0.29) is 5.78 Å². The number of allylic oxidation sites excluding steroid dienone is 2. The van der Waals surface area contributed by atoms with Crippen molar-refractivity contribution in [1.82, 2.24) is 0 Å². The molecule has 0 aliphatic carbocycles. The average molecular weight is 270 g/mol. The van der Waals surface area contributed by atoms with Crippen LogP contribution >= 0.6 is 0 Å². The number of rotatable bonds is 10. The lowest BCUT2D eigenvalue weighted by atomic mass is 10.1. The standard InChI is InChI=1S/C8H16O2.C8H14O/c1-2-3-4-5-6-7-8(9)10;1-3-4-5-6-7-8(2)9/h2-7H2,1H3,(H,9,10);6-7H,3-5H2,1-2H3. The first-order valence-corrected chi connectivity index (χ1v) is 7.43. The summed E-state index contributed by atoms with van der Waals surface area (Å²) in [6, 6.07) is 0. The molecule has 112 valence electrons. The predicted molar refractivity (Wildman–Crippen MR) is 80.4 cm³/mol. The second-order valence-corrected chi connectivity index (χ2v) is 4.71. The summed E-state index contributed by atoms with van der Waals surface area (Å²) >= 11 is 0. The van der Waals surface area contributed by atoms with E-state index < -0.39 is 5.97 Å². The van der Waals surface area contributed by atoms with Gasteiger partial charge in [0.1, 0.15) is 0 Å². The molecule has 0 spiro atoms. The van der Waals surface area contributed by atoms with E-state index >= 15 is 0 Å². The summed E-state index contributed by atoms with van der Waals surface area (Å²) in [7, 11) is 0. The average Bonchev–Trinajstić information content (AvgIpc) is 2.35. The van der Waals surface area contributed by atoms with Gasteiger partial charge in [-0.05, 0) is 25.8 Å². The van der Waals surface area contributed by atoms with E-state index in [1.54, 1.807) is 13.0 Å². The molecule has 0 saturated heterocycles. The molecule has 0 amide bonds. The number of carbonyl (C=O) groups is 2. The summed E-state index contributed by atoms with van der Waals surface area (Å²) in [5.41, 5.74) is 0. The van der Waals surface area contributed by atoms with Gasteiger partial charge in [-0.2, -0.15) is 0 Å². The van der Waals surface area contributed by atoms with E-state index in [1.807, 2.05) is 6.08 Å². The Morgan fingerprint density at radius 1 is 0.947 bits per heavy atom. The summed E-state index contributed by atoms with van der Waals surface area (Å²) < 4.78 is 0. The minimum absolute atomic E-state index is 0.145. The van der Waals surface area contributed by atoms with Crippen molar-refractivity contribution >= 4 is 11.8 Å². The molecule has 0 heterocycles. The maximum atomic E-state index is 10.3. The largest absolute Gasteiger partial charge is 0.481 e. The Bertz CT molecular complexity index is 244. The molecule has 0 unspecified atom stereocenters. The molecule has 0 aliphatic rings. The molecule has 19 heavy (non-hydrogen) atoms. The lowest BCUT2D eigenvalue weighted by Gasteiger charge is -1.95. The molecule has 0 radical (unpaired) electrons. The molecule has 1 N–H and O–H groups in total. The third kappa shape index (κ3) is 26.5. The van der Waals surface area contributed by atoms with Crippen molar-refractivity contribution in [2.75, 3.05) is 0 Å². The lowest BCUT2D eigenvalue weighted by Crippen LogP contribution is -1.93.